The van der Waals surface area contributed by atoms with Crippen LogP contribution in [0.25, 0.3) is 0 Å². The first-order valence-corrected chi connectivity index (χ1v) is 11.0. The van der Waals surface area contributed by atoms with Gasteiger partial charge in [0.2, 0.25) is 5.91 Å². The summed E-state index contributed by atoms with van der Waals surface area (Å²) in [4.78, 5) is 25.5. The Morgan fingerprint density at radius 1 is 1.24 bits per heavy atom. The minimum Gasteiger partial charge on any atom is -0.368 e. The highest BCUT2D eigenvalue weighted by atomic mass is 19.1. The molecule has 2 aromatic heterocycles. The summed E-state index contributed by atoms with van der Waals surface area (Å²) in [5.74, 6) is 0.471. The van der Waals surface area contributed by atoms with Crippen LogP contribution in [0.15, 0.2) is 60.8 Å². The lowest BCUT2D eigenvalue weighted by Gasteiger charge is -2.34. The summed E-state index contributed by atoms with van der Waals surface area (Å²) in [5, 5.41) is 3.29. The zero-order valence-electron chi connectivity index (χ0n) is 18.9. The largest absolute Gasteiger partial charge is 0.368 e. The van der Waals surface area contributed by atoms with E-state index in [0.717, 1.165) is 22.9 Å². The van der Waals surface area contributed by atoms with Crippen molar-refractivity contribution in [3.8, 4) is 0 Å². The summed E-state index contributed by atoms with van der Waals surface area (Å²) in [7, 11) is 1.82. The van der Waals surface area contributed by atoms with Gasteiger partial charge in [0, 0.05) is 36.2 Å². The van der Waals surface area contributed by atoms with Crippen molar-refractivity contribution >= 4 is 17.4 Å². The Labute approximate surface area is 193 Å². The first-order valence-electron chi connectivity index (χ1n) is 11.0. The lowest BCUT2D eigenvalue weighted by molar-refractivity contribution is -0.140. The quantitative estimate of drug-likeness (QED) is 0.593. The SMILES string of the molecule is Cc1cc(Nc2ccccn2)cc([C@@H]2CN(C(=O)CN(C)Cc3ccccc3F)CCO2)n1. The number of halogens is 1. The van der Waals surface area contributed by atoms with E-state index in [9.17, 15) is 9.18 Å². The first-order chi connectivity index (χ1) is 16.0. The number of carbonyl (C=O) groups is 1. The van der Waals surface area contributed by atoms with Crippen molar-refractivity contribution in [2.24, 2.45) is 0 Å². The number of aromatic nitrogens is 2. The summed E-state index contributed by atoms with van der Waals surface area (Å²) >= 11 is 0. The fourth-order valence-electron chi connectivity index (χ4n) is 3.87. The molecule has 4 rings (SSSR count). The van der Waals surface area contributed by atoms with E-state index in [-0.39, 0.29) is 24.4 Å². The van der Waals surface area contributed by atoms with Crippen molar-refractivity contribution in [3.63, 3.8) is 0 Å². The third-order valence-electron chi connectivity index (χ3n) is 5.46. The van der Waals surface area contributed by atoms with Crippen LogP contribution in [-0.2, 0) is 16.1 Å². The molecule has 0 spiro atoms. The molecule has 1 fully saturated rings. The maximum atomic E-state index is 13.9. The van der Waals surface area contributed by atoms with E-state index in [1.807, 2.05) is 49.2 Å². The Morgan fingerprint density at radius 3 is 2.85 bits per heavy atom. The van der Waals surface area contributed by atoms with Crippen LogP contribution in [0.2, 0.25) is 0 Å². The number of benzene rings is 1. The van der Waals surface area contributed by atoms with E-state index in [0.29, 0.717) is 31.8 Å². The number of nitrogens with zero attached hydrogens (tertiary/aromatic N) is 4. The normalized spacial score (nSPS) is 16.1. The van der Waals surface area contributed by atoms with Gasteiger partial charge in [-0.2, -0.15) is 0 Å². The molecule has 0 aliphatic carbocycles. The van der Waals surface area contributed by atoms with Crippen molar-refractivity contribution in [2.45, 2.75) is 19.6 Å². The lowest BCUT2D eigenvalue weighted by Crippen LogP contribution is -2.46. The van der Waals surface area contributed by atoms with Gasteiger partial charge in [-0.15, -0.1) is 0 Å². The molecule has 1 N–H and O–H groups in total. The molecular formula is C25H28FN5O2. The molecule has 3 heterocycles. The molecule has 8 heteroatoms. The minimum absolute atomic E-state index is 0.0124. The molecular weight excluding hydrogens is 421 g/mol. The number of likely N-dealkylation sites (N-methyl/N-ethyl adjacent to an activating group) is 1. The van der Waals surface area contributed by atoms with E-state index in [1.54, 1.807) is 29.3 Å². The van der Waals surface area contributed by atoms with Crippen LogP contribution in [0.3, 0.4) is 0 Å². The van der Waals surface area contributed by atoms with Crippen LogP contribution in [0.5, 0.6) is 0 Å². The molecule has 33 heavy (non-hydrogen) atoms. The summed E-state index contributed by atoms with van der Waals surface area (Å²) in [6, 6.07) is 16.2. The van der Waals surface area contributed by atoms with Crippen molar-refractivity contribution in [1.29, 1.82) is 0 Å². The zero-order chi connectivity index (χ0) is 23.2. The molecule has 1 saturated heterocycles. The Hall–Kier alpha value is -3.36. The van der Waals surface area contributed by atoms with Gasteiger partial charge in [0.15, 0.2) is 0 Å². The van der Waals surface area contributed by atoms with Crippen molar-refractivity contribution < 1.29 is 13.9 Å². The van der Waals surface area contributed by atoms with E-state index < -0.39 is 0 Å². The number of rotatable bonds is 7. The Kier molecular flexibility index (Phi) is 7.26. The Balaban J connectivity index is 1.39. The van der Waals surface area contributed by atoms with Gasteiger partial charge in [0.1, 0.15) is 17.7 Å². The summed E-state index contributed by atoms with van der Waals surface area (Å²) in [5.41, 5.74) is 3.06. The molecule has 3 aromatic rings. The van der Waals surface area contributed by atoms with Gasteiger partial charge in [-0.05, 0) is 44.3 Å². The topological polar surface area (TPSA) is 70.6 Å². The van der Waals surface area contributed by atoms with Gasteiger partial charge in [0.05, 0.1) is 25.4 Å². The molecule has 0 unspecified atom stereocenters. The van der Waals surface area contributed by atoms with Gasteiger partial charge in [-0.1, -0.05) is 24.3 Å². The minimum atomic E-state index is -0.316. The van der Waals surface area contributed by atoms with Crippen LogP contribution >= 0.6 is 0 Å². The van der Waals surface area contributed by atoms with Crippen molar-refractivity contribution in [3.05, 3.63) is 83.6 Å². The second-order valence-corrected chi connectivity index (χ2v) is 8.22. The second kappa shape index (κ2) is 10.5. The van der Waals surface area contributed by atoms with Crippen LogP contribution in [0.4, 0.5) is 15.9 Å². The Morgan fingerprint density at radius 2 is 2.06 bits per heavy atom. The van der Waals surface area contributed by atoms with E-state index >= 15 is 0 Å². The van der Waals surface area contributed by atoms with Gasteiger partial charge in [-0.3, -0.25) is 14.7 Å². The van der Waals surface area contributed by atoms with Gasteiger partial charge in [-0.25, -0.2) is 9.37 Å². The summed E-state index contributed by atoms with van der Waals surface area (Å²) < 4.78 is 19.9. The first kappa shape index (κ1) is 22.8. The van der Waals surface area contributed by atoms with Gasteiger partial charge >= 0.3 is 0 Å². The highest BCUT2D eigenvalue weighted by molar-refractivity contribution is 5.78. The smallest absolute Gasteiger partial charge is 0.236 e. The highest BCUT2D eigenvalue weighted by Gasteiger charge is 2.27. The molecule has 0 saturated carbocycles. The number of ether oxygens (including phenoxy) is 1. The number of aryl methyl sites for hydroxylation is 1. The number of nitrogens with one attached hydrogen (secondary N) is 1. The predicted molar refractivity (Wildman–Crippen MR) is 125 cm³/mol. The van der Waals surface area contributed by atoms with Crippen LogP contribution in [0.1, 0.15) is 23.1 Å². The average molecular weight is 450 g/mol. The third kappa shape index (κ3) is 6.12. The number of amides is 1. The molecule has 172 valence electrons. The van der Waals surface area contributed by atoms with Crippen molar-refractivity contribution in [1.82, 2.24) is 19.8 Å². The summed E-state index contributed by atoms with van der Waals surface area (Å²) in [6.07, 6.45) is 1.41. The molecule has 1 amide bonds. The Bertz CT molecular complexity index is 1100. The average Bonchev–Trinajstić information content (AvgIpc) is 2.81. The number of pyridine rings is 2. The monoisotopic (exact) mass is 449 g/mol. The predicted octanol–water partition coefficient (Wildman–Crippen LogP) is 3.70. The highest BCUT2D eigenvalue weighted by Crippen LogP contribution is 2.25. The van der Waals surface area contributed by atoms with E-state index in [2.05, 4.69) is 15.3 Å². The zero-order valence-corrected chi connectivity index (χ0v) is 18.9. The number of carbonyl (C=O) groups excluding carboxylic acids is 1. The lowest BCUT2D eigenvalue weighted by atomic mass is 10.1. The molecule has 1 aliphatic heterocycles. The van der Waals surface area contributed by atoms with Gasteiger partial charge < -0.3 is 15.0 Å². The maximum absolute atomic E-state index is 13.9. The fraction of sp³-hybridized carbons (Fsp3) is 0.320. The van der Waals surface area contributed by atoms with Crippen LogP contribution in [0, 0.1) is 12.7 Å². The van der Waals surface area contributed by atoms with Gasteiger partial charge in [0.25, 0.3) is 0 Å². The van der Waals surface area contributed by atoms with Crippen LogP contribution in [-0.4, -0.2) is 59.0 Å². The molecule has 7 nitrogen and oxygen atoms in total. The molecule has 1 aromatic carbocycles. The second-order valence-electron chi connectivity index (χ2n) is 8.22. The molecule has 1 aliphatic rings. The maximum Gasteiger partial charge on any atom is 0.236 e. The standard InChI is InChI=1S/C25H28FN5O2/c1-18-13-20(29-24-9-5-6-10-27-24)14-22(28-18)23-16-31(11-12-33-23)25(32)17-30(2)15-19-7-3-4-8-21(19)26/h3-10,13-14,23H,11-12,15-17H2,1-2H3,(H,27,28,29)/t23-/m0/s1. The van der Waals surface area contributed by atoms with Crippen molar-refractivity contribution in [2.75, 3.05) is 38.6 Å². The van der Waals surface area contributed by atoms with Crippen LogP contribution < -0.4 is 5.32 Å². The number of anilines is 2. The molecule has 0 radical (unpaired) electrons. The number of morpholine rings is 1. The molecule has 0 bridgehead atoms. The number of hydrogen-bond donors (Lipinski definition) is 1. The fourth-order valence-corrected chi connectivity index (χ4v) is 3.87. The molecule has 1 atom stereocenters. The number of hydrogen-bond acceptors (Lipinski definition) is 6. The van der Waals surface area contributed by atoms with E-state index in [1.165, 1.54) is 6.07 Å². The van der Waals surface area contributed by atoms with E-state index in [4.69, 9.17) is 4.74 Å². The summed E-state index contributed by atoms with van der Waals surface area (Å²) in [6.45, 7) is 3.88. The third-order valence-corrected chi connectivity index (χ3v) is 5.46.